The van der Waals surface area contributed by atoms with Crippen LogP contribution in [-0.4, -0.2) is 15.7 Å². The summed E-state index contributed by atoms with van der Waals surface area (Å²) in [6.45, 7) is 0. The average Bonchev–Trinajstić information content (AvgIpc) is 3.15. The first-order chi connectivity index (χ1) is 14.0. The van der Waals surface area contributed by atoms with Gasteiger partial charge in [0.25, 0.3) is 0 Å². The molecule has 0 unspecified atom stereocenters. The van der Waals surface area contributed by atoms with Gasteiger partial charge in [-0.15, -0.1) is 0 Å². The van der Waals surface area contributed by atoms with Crippen LogP contribution in [0.1, 0.15) is 10.4 Å². The molecule has 0 saturated heterocycles. The molecule has 0 atom stereocenters. The lowest BCUT2D eigenvalue weighted by molar-refractivity contribution is 0.0722. The molecule has 4 nitrogen and oxygen atoms in total. The summed E-state index contributed by atoms with van der Waals surface area (Å²) in [6.07, 6.45) is 0. The van der Waals surface area contributed by atoms with Crippen molar-refractivity contribution >= 4 is 45.1 Å². The molecule has 4 aromatic rings. The first-order valence-electron chi connectivity index (χ1n) is 8.60. The van der Waals surface area contributed by atoms with Crippen LogP contribution in [0.3, 0.4) is 0 Å². The van der Waals surface area contributed by atoms with E-state index in [4.69, 9.17) is 27.9 Å². The summed E-state index contributed by atoms with van der Waals surface area (Å²) in [5.74, 6) is -0.235. The molecule has 0 radical (unpaired) electrons. The highest BCUT2D eigenvalue weighted by Crippen LogP contribution is 2.30. The molecule has 0 saturated carbocycles. The van der Waals surface area contributed by atoms with Gasteiger partial charge in [0.2, 0.25) is 5.88 Å². The van der Waals surface area contributed by atoms with Crippen molar-refractivity contribution in [3.05, 3.63) is 98.9 Å². The van der Waals surface area contributed by atoms with Gasteiger partial charge in [0.15, 0.2) is 0 Å². The Labute approximate surface area is 185 Å². The Hall–Kier alpha value is -2.60. The topological polar surface area (TPSA) is 44.1 Å². The molecule has 4 rings (SSSR count). The number of hydrogen-bond donors (Lipinski definition) is 0. The number of hydrogen-bond acceptors (Lipinski definition) is 3. The third-order valence-electron chi connectivity index (χ3n) is 4.19. The van der Waals surface area contributed by atoms with Crippen molar-refractivity contribution in [1.82, 2.24) is 9.78 Å². The maximum Gasteiger partial charge on any atom is 0.346 e. The van der Waals surface area contributed by atoms with E-state index in [2.05, 4.69) is 21.0 Å². The lowest BCUT2D eigenvalue weighted by Gasteiger charge is -2.09. The summed E-state index contributed by atoms with van der Waals surface area (Å²) in [5, 5.41) is 5.42. The largest absolute Gasteiger partial charge is 0.404 e. The van der Waals surface area contributed by atoms with Crippen LogP contribution in [0.4, 0.5) is 0 Å². The quantitative estimate of drug-likeness (QED) is 0.296. The Morgan fingerprint density at radius 2 is 1.62 bits per heavy atom. The van der Waals surface area contributed by atoms with E-state index in [0.29, 0.717) is 31.5 Å². The molecule has 0 N–H and O–H groups in total. The molecule has 7 heteroatoms. The maximum atomic E-state index is 12.7. The van der Waals surface area contributed by atoms with Crippen molar-refractivity contribution < 1.29 is 9.53 Å². The van der Waals surface area contributed by atoms with Crippen molar-refractivity contribution in [2.24, 2.45) is 0 Å². The number of ether oxygens (including phenoxy) is 1. The number of benzene rings is 3. The number of carbonyl (C=O) groups excluding carboxylic acids is 1. The number of halogens is 3. The van der Waals surface area contributed by atoms with Gasteiger partial charge >= 0.3 is 5.97 Å². The molecular formula is C22H13BrCl2N2O2. The first kappa shape index (κ1) is 19.7. The predicted octanol–water partition coefficient (Wildman–Crippen LogP) is 6.83. The normalized spacial score (nSPS) is 10.7. The highest BCUT2D eigenvalue weighted by molar-refractivity contribution is 9.10. The van der Waals surface area contributed by atoms with E-state index >= 15 is 0 Å². The Morgan fingerprint density at radius 1 is 0.897 bits per heavy atom. The zero-order valence-electron chi connectivity index (χ0n) is 14.9. The lowest BCUT2D eigenvalue weighted by Crippen LogP contribution is -2.12. The van der Waals surface area contributed by atoms with Gasteiger partial charge in [-0.1, -0.05) is 65.7 Å². The summed E-state index contributed by atoms with van der Waals surface area (Å²) in [7, 11) is 0. The van der Waals surface area contributed by atoms with Crippen LogP contribution in [0, 0.1) is 0 Å². The molecule has 29 heavy (non-hydrogen) atoms. The van der Waals surface area contributed by atoms with E-state index in [1.165, 1.54) is 4.68 Å². The molecule has 1 heterocycles. The van der Waals surface area contributed by atoms with Crippen LogP contribution in [0.15, 0.2) is 83.3 Å². The fraction of sp³-hybridized carbons (Fsp3) is 0. The van der Waals surface area contributed by atoms with Gasteiger partial charge in [-0.05, 0) is 46.3 Å². The van der Waals surface area contributed by atoms with Crippen LogP contribution < -0.4 is 4.74 Å². The van der Waals surface area contributed by atoms with Crippen LogP contribution in [-0.2, 0) is 0 Å². The van der Waals surface area contributed by atoms with Gasteiger partial charge in [-0.2, -0.15) is 9.78 Å². The fourth-order valence-corrected chi connectivity index (χ4v) is 3.50. The van der Waals surface area contributed by atoms with Crippen molar-refractivity contribution in [1.29, 1.82) is 0 Å². The number of nitrogens with zero attached hydrogens (tertiary/aromatic N) is 2. The third kappa shape index (κ3) is 4.22. The molecule has 0 aliphatic heterocycles. The Bertz CT molecular complexity index is 1190. The molecule has 0 aliphatic carbocycles. The monoisotopic (exact) mass is 486 g/mol. The van der Waals surface area contributed by atoms with Crippen molar-refractivity contribution in [2.75, 3.05) is 0 Å². The van der Waals surface area contributed by atoms with Crippen molar-refractivity contribution in [3.63, 3.8) is 0 Å². The van der Waals surface area contributed by atoms with Gasteiger partial charge in [0, 0.05) is 16.1 Å². The molecular weight excluding hydrogens is 475 g/mol. The van der Waals surface area contributed by atoms with Crippen LogP contribution in [0.2, 0.25) is 10.0 Å². The second kappa shape index (κ2) is 8.41. The summed E-state index contributed by atoms with van der Waals surface area (Å²) < 4.78 is 7.87. The minimum absolute atomic E-state index is 0.267. The minimum Gasteiger partial charge on any atom is -0.404 e. The molecule has 0 bridgehead atoms. The summed E-state index contributed by atoms with van der Waals surface area (Å²) >= 11 is 15.6. The van der Waals surface area contributed by atoms with Crippen LogP contribution in [0.5, 0.6) is 5.88 Å². The summed E-state index contributed by atoms with van der Waals surface area (Å²) in [6, 6.07) is 23.5. The standard InChI is InChI=1S/C22H13BrCl2N2O2/c23-17-9-5-4-8-16(17)22(28)29-21-13-20(14-6-2-1-3-7-14)26-27(21)15-10-11-18(24)19(25)12-15/h1-13H. The Balaban J connectivity index is 1.78. The van der Waals surface area contributed by atoms with Gasteiger partial charge in [-0.25, -0.2) is 4.79 Å². The highest BCUT2D eigenvalue weighted by atomic mass is 79.9. The predicted molar refractivity (Wildman–Crippen MR) is 118 cm³/mol. The number of esters is 1. The summed E-state index contributed by atoms with van der Waals surface area (Å²) in [4.78, 5) is 12.7. The number of aromatic nitrogens is 2. The van der Waals surface area contributed by atoms with Gasteiger partial charge in [0.1, 0.15) is 0 Å². The van der Waals surface area contributed by atoms with Gasteiger partial charge in [-0.3, -0.25) is 0 Å². The molecule has 0 amide bonds. The van der Waals surface area contributed by atoms with E-state index in [-0.39, 0.29) is 5.88 Å². The van der Waals surface area contributed by atoms with Gasteiger partial charge in [0.05, 0.1) is 27.0 Å². The average molecular weight is 488 g/mol. The van der Waals surface area contributed by atoms with Crippen LogP contribution >= 0.6 is 39.1 Å². The molecule has 1 aromatic heterocycles. The maximum absolute atomic E-state index is 12.7. The summed E-state index contributed by atoms with van der Waals surface area (Å²) in [5.41, 5.74) is 2.59. The smallest absolute Gasteiger partial charge is 0.346 e. The third-order valence-corrected chi connectivity index (χ3v) is 5.62. The van der Waals surface area contributed by atoms with E-state index in [1.54, 1.807) is 42.5 Å². The molecule has 144 valence electrons. The van der Waals surface area contributed by atoms with E-state index in [9.17, 15) is 4.79 Å². The van der Waals surface area contributed by atoms with Crippen molar-refractivity contribution in [2.45, 2.75) is 0 Å². The zero-order valence-corrected chi connectivity index (χ0v) is 17.9. The molecule has 3 aromatic carbocycles. The first-order valence-corrected chi connectivity index (χ1v) is 10.2. The van der Waals surface area contributed by atoms with Crippen LogP contribution in [0.25, 0.3) is 16.9 Å². The van der Waals surface area contributed by atoms with E-state index in [0.717, 1.165) is 5.56 Å². The second-order valence-corrected chi connectivity index (χ2v) is 7.78. The molecule has 0 spiro atoms. The molecule has 0 fully saturated rings. The van der Waals surface area contributed by atoms with E-state index < -0.39 is 5.97 Å². The number of carbonyl (C=O) groups is 1. The SMILES string of the molecule is O=C(Oc1cc(-c2ccccc2)nn1-c1ccc(Cl)c(Cl)c1)c1ccccc1Br. The van der Waals surface area contributed by atoms with E-state index in [1.807, 2.05) is 36.4 Å². The van der Waals surface area contributed by atoms with Gasteiger partial charge < -0.3 is 4.74 Å². The second-order valence-electron chi connectivity index (χ2n) is 6.11. The van der Waals surface area contributed by atoms with Crippen molar-refractivity contribution in [3.8, 4) is 22.8 Å². The Kier molecular flexibility index (Phi) is 5.72. The molecule has 0 aliphatic rings. The lowest BCUT2D eigenvalue weighted by atomic mass is 10.2. The minimum atomic E-state index is -0.502. The zero-order chi connectivity index (χ0) is 20.4. The Morgan fingerprint density at radius 3 is 2.34 bits per heavy atom. The fourth-order valence-electron chi connectivity index (χ4n) is 2.77. The number of rotatable bonds is 4. The highest BCUT2D eigenvalue weighted by Gasteiger charge is 2.19.